The lowest BCUT2D eigenvalue weighted by Crippen LogP contribution is -1.97. The lowest BCUT2D eigenvalue weighted by atomic mass is 10.0. The molecule has 8 rings (SSSR count). The van der Waals surface area contributed by atoms with Gasteiger partial charge in [0.15, 0.2) is 0 Å². The SMILES string of the molecule is C/C=C\CC.C=Cn1c2ccc(-c3ccc(C)cc3)cc2c2ccc3c(c4ccc(-c5ccc(C)cc5)cc4n3C3=CCCC=C3)c21. The van der Waals surface area contributed by atoms with E-state index in [1.165, 1.54) is 82.7 Å². The second-order valence-electron chi connectivity index (χ2n) is 12.5. The summed E-state index contributed by atoms with van der Waals surface area (Å²) in [6.45, 7) is 12.7. The first kappa shape index (κ1) is 30.3. The van der Waals surface area contributed by atoms with Gasteiger partial charge in [-0.05, 0) is 92.6 Å². The van der Waals surface area contributed by atoms with Crippen LogP contribution in [0.3, 0.4) is 0 Å². The van der Waals surface area contributed by atoms with E-state index in [1.807, 2.05) is 13.1 Å². The predicted octanol–water partition coefficient (Wildman–Crippen LogP) is 13.1. The molecule has 0 saturated carbocycles. The lowest BCUT2D eigenvalue weighted by Gasteiger charge is -2.13. The summed E-state index contributed by atoms with van der Waals surface area (Å²) in [4.78, 5) is 0. The van der Waals surface area contributed by atoms with E-state index in [4.69, 9.17) is 0 Å². The van der Waals surface area contributed by atoms with Gasteiger partial charge in [-0.25, -0.2) is 0 Å². The van der Waals surface area contributed by atoms with E-state index >= 15 is 0 Å². The first-order chi connectivity index (χ1) is 23.0. The van der Waals surface area contributed by atoms with Crippen LogP contribution in [-0.2, 0) is 0 Å². The molecule has 0 amide bonds. The second-order valence-corrected chi connectivity index (χ2v) is 12.5. The van der Waals surface area contributed by atoms with Crippen molar-refractivity contribution in [2.24, 2.45) is 0 Å². The third kappa shape index (κ3) is 5.44. The maximum atomic E-state index is 4.27. The van der Waals surface area contributed by atoms with E-state index < -0.39 is 0 Å². The molecule has 1 aliphatic carbocycles. The zero-order valence-electron chi connectivity index (χ0n) is 27.9. The molecule has 0 aliphatic heterocycles. The summed E-state index contributed by atoms with van der Waals surface area (Å²) in [5, 5.41) is 5.03. The lowest BCUT2D eigenvalue weighted by molar-refractivity contribution is 1.02. The van der Waals surface area contributed by atoms with Crippen molar-refractivity contribution in [1.29, 1.82) is 0 Å². The van der Waals surface area contributed by atoms with Crippen LogP contribution in [-0.4, -0.2) is 9.13 Å². The van der Waals surface area contributed by atoms with E-state index in [-0.39, 0.29) is 0 Å². The number of benzene rings is 5. The Morgan fingerprint density at radius 1 is 0.660 bits per heavy atom. The summed E-state index contributed by atoms with van der Waals surface area (Å²) in [6, 6.07) is 36.0. The Bertz CT molecular complexity index is 2350. The molecule has 0 unspecified atom stereocenters. The van der Waals surface area contributed by atoms with Gasteiger partial charge in [0.2, 0.25) is 0 Å². The first-order valence-corrected chi connectivity index (χ1v) is 16.8. The summed E-state index contributed by atoms with van der Waals surface area (Å²) in [7, 11) is 0. The molecule has 0 radical (unpaired) electrons. The zero-order chi connectivity index (χ0) is 32.5. The third-order valence-corrected chi connectivity index (χ3v) is 9.35. The van der Waals surface area contributed by atoms with E-state index in [9.17, 15) is 0 Å². The molecule has 5 aromatic carbocycles. The van der Waals surface area contributed by atoms with Crippen molar-refractivity contribution in [2.45, 2.75) is 47.0 Å². The van der Waals surface area contributed by atoms with E-state index in [1.54, 1.807) is 0 Å². The Hall–Kier alpha value is -5.34. The summed E-state index contributed by atoms with van der Waals surface area (Å²) in [5.41, 5.74) is 13.6. The number of rotatable bonds is 5. The van der Waals surface area contributed by atoms with Crippen molar-refractivity contribution >= 4 is 55.5 Å². The number of nitrogens with zero attached hydrogens (tertiary/aromatic N) is 2. The molecule has 232 valence electrons. The maximum Gasteiger partial charge on any atom is 0.0635 e. The minimum Gasteiger partial charge on any atom is -0.316 e. The van der Waals surface area contributed by atoms with Crippen LogP contribution >= 0.6 is 0 Å². The number of hydrogen-bond acceptors (Lipinski definition) is 0. The topological polar surface area (TPSA) is 9.86 Å². The molecule has 2 nitrogen and oxygen atoms in total. The fourth-order valence-corrected chi connectivity index (χ4v) is 6.96. The first-order valence-electron chi connectivity index (χ1n) is 16.8. The van der Waals surface area contributed by atoms with Crippen molar-refractivity contribution in [2.75, 3.05) is 0 Å². The van der Waals surface area contributed by atoms with E-state index in [0.29, 0.717) is 0 Å². The quantitative estimate of drug-likeness (QED) is 0.172. The molecule has 0 bridgehead atoms. The molecule has 1 aliphatic rings. The number of fused-ring (bicyclic) bond motifs is 7. The molecule has 0 saturated heterocycles. The van der Waals surface area contributed by atoms with Gasteiger partial charge in [-0.1, -0.05) is 122 Å². The van der Waals surface area contributed by atoms with Crippen LogP contribution in [0.5, 0.6) is 0 Å². The average molecular weight is 611 g/mol. The average Bonchev–Trinajstić information content (AvgIpc) is 3.61. The van der Waals surface area contributed by atoms with Crippen LogP contribution in [0, 0.1) is 13.8 Å². The Balaban J connectivity index is 0.000000656. The maximum absolute atomic E-state index is 4.27. The third-order valence-electron chi connectivity index (χ3n) is 9.35. The Labute approximate surface area is 278 Å². The fraction of sp³-hybridized carbons (Fsp3) is 0.156. The van der Waals surface area contributed by atoms with Gasteiger partial charge < -0.3 is 9.13 Å². The monoisotopic (exact) mass is 610 g/mol. The Kier molecular flexibility index (Phi) is 8.26. The van der Waals surface area contributed by atoms with Gasteiger partial charge in [0.05, 0.1) is 22.1 Å². The number of aromatic nitrogens is 2. The molecule has 0 atom stereocenters. The van der Waals surface area contributed by atoms with Crippen molar-refractivity contribution < 1.29 is 0 Å². The number of hydrogen-bond donors (Lipinski definition) is 0. The highest BCUT2D eigenvalue weighted by Crippen LogP contribution is 2.43. The molecule has 0 fully saturated rings. The normalized spacial score (nSPS) is 13.1. The van der Waals surface area contributed by atoms with Crippen LogP contribution < -0.4 is 0 Å². The molecule has 7 aromatic rings. The summed E-state index contributed by atoms with van der Waals surface area (Å²) >= 11 is 0. The highest BCUT2D eigenvalue weighted by Gasteiger charge is 2.21. The van der Waals surface area contributed by atoms with Crippen LogP contribution in [0.1, 0.15) is 44.2 Å². The van der Waals surface area contributed by atoms with E-state index in [0.717, 1.165) is 19.3 Å². The smallest absolute Gasteiger partial charge is 0.0635 e. The zero-order valence-corrected chi connectivity index (χ0v) is 27.9. The molecule has 0 N–H and O–H groups in total. The van der Waals surface area contributed by atoms with Crippen LogP contribution in [0.2, 0.25) is 0 Å². The predicted molar refractivity (Wildman–Crippen MR) is 207 cm³/mol. The second kappa shape index (κ2) is 12.8. The highest BCUT2D eigenvalue weighted by atomic mass is 15.0. The van der Waals surface area contributed by atoms with E-state index in [2.05, 4.69) is 164 Å². The van der Waals surface area contributed by atoms with Gasteiger partial charge in [-0.15, -0.1) is 0 Å². The number of aryl methyl sites for hydroxylation is 2. The van der Waals surface area contributed by atoms with Gasteiger partial charge >= 0.3 is 0 Å². The molecule has 2 heterocycles. The molecule has 47 heavy (non-hydrogen) atoms. The van der Waals surface area contributed by atoms with Crippen LogP contribution in [0.15, 0.2) is 134 Å². The van der Waals surface area contributed by atoms with Gasteiger partial charge in [-0.3, -0.25) is 0 Å². The van der Waals surface area contributed by atoms with Crippen molar-refractivity contribution in [1.82, 2.24) is 9.13 Å². The Morgan fingerprint density at radius 2 is 1.28 bits per heavy atom. The van der Waals surface area contributed by atoms with Gasteiger partial charge in [-0.2, -0.15) is 0 Å². The minimum atomic E-state index is 1.06. The summed E-state index contributed by atoms with van der Waals surface area (Å²) < 4.78 is 4.74. The van der Waals surface area contributed by atoms with Crippen LogP contribution in [0.25, 0.3) is 77.8 Å². The highest BCUT2D eigenvalue weighted by molar-refractivity contribution is 6.27. The molecule has 2 aromatic heterocycles. The molecule has 2 heteroatoms. The van der Waals surface area contributed by atoms with Gasteiger partial charge in [0.1, 0.15) is 0 Å². The van der Waals surface area contributed by atoms with Crippen molar-refractivity contribution in [3.8, 4) is 22.3 Å². The summed E-state index contributed by atoms with van der Waals surface area (Å²) in [6.07, 6.45) is 16.4. The fourth-order valence-electron chi connectivity index (χ4n) is 6.96. The molecular weight excluding hydrogens is 569 g/mol. The standard InChI is InChI=1S/C40H32N2.C5H10/c1-4-41-36-22-19-30(28-14-10-26(2)11-15-28)24-35(36)33-21-23-37-39(40(33)41)34-20-18-31(29-16-12-27(3)13-17-29)25-38(34)42(37)32-8-6-5-7-9-32;1-3-5-4-2/h4,6,8-25H,1,5,7H2,2-3H3;3,5H,4H2,1-2H3/b;5-3-. The molecular formula is C45H42N2. The minimum absolute atomic E-state index is 1.06. The largest absolute Gasteiger partial charge is 0.316 e. The Morgan fingerprint density at radius 3 is 1.87 bits per heavy atom. The van der Waals surface area contributed by atoms with Gasteiger partial charge in [0, 0.05) is 33.4 Å². The van der Waals surface area contributed by atoms with Gasteiger partial charge in [0.25, 0.3) is 0 Å². The summed E-state index contributed by atoms with van der Waals surface area (Å²) in [5.74, 6) is 0. The van der Waals surface area contributed by atoms with Crippen molar-refractivity contribution in [3.63, 3.8) is 0 Å². The van der Waals surface area contributed by atoms with Crippen molar-refractivity contribution in [3.05, 3.63) is 145 Å². The number of allylic oxidation sites excluding steroid dienone is 6. The molecule has 0 spiro atoms. The van der Waals surface area contributed by atoms with Crippen LogP contribution in [0.4, 0.5) is 0 Å².